The molecule has 2 aliphatic heterocycles. The summed E-state index contributed by atoms with van der Waals surface area (Å²) >= 11 is 1.58. The van der Waals surface area contributed by atoms with Crippen LogP contribution >= 0.6 is 11.8 Å². The molecule has 0 spiro atoms. The van der Waals surface area contributed by atoms with Crippen molar-refractivity contribution in [1.29, 1.82) is 0 Å². The van der Waals surface area contributed by atoms with Crippen LogP contribution in [0.1, 0.15) is 31.9 Å². The first-order valence-electron chi connectivity index (χ1n) is 10.3. The van der Waals surface area contributed by atoms with E-state index < -0.39 is 53.6 Å². The van der Waals surface area contributed by atoms with Crippen LogP contribution in [0, 0.1) is 5.82 Å². The number of esters is 1. The van der Waals surface area contributed by atoms with Crippen molar-refractivity contribution in [3.63, 3.8) is 0 Å². The molecule has 2 saturated heterocycles. The van der Waals surface area contributed by atoms with Gasteiger partial charge < -0.3 is 25.2 Å². The zero-order valence-corrected chi connectivity index (χ0v) is 18.4. The summed E-state index contributed by atoms with van der Waals surface area (Å²) in [6.07, 6.45) is 1.08. The number of likely N-dealkylation sites (tertiary alicyclic amines) is 1. The zero-order valence-electron chi connectivity index (χ0n) is 17.6. The number of halogens is 1. The molecule has 11 nitrogen and oxygen atoms in total. The first-order chi connectivity index (χ1) is 15.2. The summed E-state index contributed by atoms with van der Waals surface area (Å²) in [4.78, 5) is 51.5. The van der Waals surface area contributed by atoms with Crippen molar-refractivity contribution < 1.29 is 28.6 Å². The van der Waals surface area contributed by atoms with Gasteiger partial charge in [-0.15, -0.1) is 0 Å². The van der Waals surface area contributed by atoms with Crippen LogP contribution in [0.25, 0.3) is 0 Å². The van der Waals surface area contributed by atoms with Crippen LogP contribution < -0.4 is 17.0 Å². The van der Waals surface area contributed by atoms with Crippen LogP contribution in [0.15, 0.2) is 15.8 Å². The van der Waals surface area contributed by atoms with Crippen molar-refractivity contribution in [1.82, 2.24) is 14.5 Å². The monoisotopic (exact) mass is 474 g/mol. The largest absolute Gasteiger partial charge is 0.461 e. The predicted molar refractivity (Wildman–Crippen MR) is 112 cm³/mol. The molecule has 4 N–H and O–H groups in total. The summed E-state index contributed by atoms with van der Waals surface area (Å²) in [7, 11) is 0. The number of aliphatic hydroxyl groups is 1. The normalized spacial score (nSPS) is 26.3. The van der Waals surface area contributed by atoms with Crippen molar-refractivity contribution in [3.05, 3.63) is 32.9 Å². The van der Waals surface area contributed by atoms with Crippen LogP contribution in [0.5, 0.6) is 0 Å². The molecule has 2 fully saturated rings. The minimum absolute atomic E-state index is 0.0636. The molecule has 5 atom stereocenters. The van der Waals surface area contributed by atoms with Crippen LogP contribution in [0.2, 0.25) is 0 Å². The Morgan fingerprint density at radius 1 is 1.47 bits per heavy atom. The smallest absolute Gasteiger partial charge is 0.330 e. The molecule has 13 heteroatoms. The summed E-state index contributed by atoms with van der Waals surface area (Å²) in [6, 6.07) is -1.44. The van der Waals surface area contributed by atoms with Gasteiger partial charge in [0.2, 0.25) is 11.7 Å². The van der Waals surface area contributed by atoms with E-state index in [4.69, 9.17) is 15.2 Å². The van der Waals surface area contributed by atoms with E-state index in [-0.39, 0.29) is 18.9 Å². The maximum absolute atomic E-state index is 13.5. The number of ether oxygens (including phenoxy) is 2. The molecule has 178 valence electrons. The molecule has 1 aromatic heterocycles. The van der Waals surface area contributed by atoms with Gasteiger partial charge in [0, 0.05) is 13.0 Å². The Bertz CT molecular complexity index is 954. The first kappa shape index (κ1) is 24.4. The Balaban J connectivity index is 1.57. The summed E-state index contributed by atoms with van der Waals surface area (Å²) in [5.74, 6) is -1.36. The number of hydrogen-bond donors (Lipinski definition) is 3. The number of amides is 1. The second-order valence-electron chi connectivity index (χ2n) is 7.78. The van der Waals surface area contributed by atoms with Gasteiger partial charge in [0.1, 0.15) is 25.0 Å². The number of H-pyrrole nitrogens is 1. The number of nitrogens with two attached hydrogens (primary N) is 1. The number of hydrogen-bond acceptors (Lipinski definition) is 9. The fraction of sp³-hybridized carbons (Fsp3) is 0.684. The van der Waals surface area contributed by atoms with E-state index in [9.17, 15) is 28.7 Å². The zero-order chi connectivity index (χ0) is 23.4. The number of thioether (sulfide) groups is 1. The number of nitrogens with one attached hydrogen (secondary N) is 1. The minimum atomic E-state index is -1.17. The third-order valence-electron chi connectivity index (χ3n) is 5.59. The summed E-state index contributed by atoms with van der Waals surface area (Å²) in [6.45, 7) is 0.102. The Hall–Kier alpha value is -2.22. The lowest BCUT2D eigenvalue weighted by molar-refractivity contribution is -0.158. The minimum Gasteiger partial charge on any atom is -0.461 e. The van der Waals surface area contributed by atoms with E-state index in [0.29, 0.717) is 32.0 Å². The Kier molecular flexibility index (Phi) is 8.09. The molecular weight excluding hydrogens is 447 g/mol. The molecule has 0 saturated carbocycles. The van der Waals surface area contributed by atoms with E-state index in [1.807, 2.05) is 11.2 Å². The maximum atomic E-state index is 13.5. The van der Waals surface area contributed by atoms with Crippen molar-refractivity contribution in [2.45, 2.75) is 56.2 Å². The number of carbonyl (C=O) groups is 2. The quantitative estimate of drug-likeness (QED) is 0.400. The molecule has 0 aliphatic carbocycles. The van der Waals surface area contributed by atoms with Gasteiger partial charge in [0.05, 0.1) is 18.3 Å². The van der Waals surface area contributed by atoms with Crippen LogP contribution in [0.4, 0.5) is 4.39 Å². The first-order valence-corrected chi connectivity index (χ1v) is 11.7. The molecule has 2 aliphatic rings. The van der Waals surface area contributed by atoms with Gasteiger partial charge in [0.15, 0.2) is 0 Å². The number of aromatic amines is 1. The van der Waals surface area contributed by atoms with E-state index in [1.54, 1.807) is 11.8 Å². The molecule has 3 heterocycles. The Morgan fingerprint density at radius 3 is 2.94 bits per heavy atom. The van der Waals surface area contributed by atoms with E-state index >= 15 is 0 Å². The third-order valence-corrected chi connectivity index (χ3v) is 6.23. The highest BCUT2D eigenvalue weighted by atomic mass is 32.2. The Labute approximate surface area is 187 Å². The molecule has 0 bridgehead atoms. The summed E-state index contributed by atoms with van der Waals surface area (Å²) in [5, 5.41) is 10.2. The summed E-state index contributed by atoms with van der Waals surface area (Å²) in [5.41, 5.74) is 3.91. The lowest BCUT2D eigenvalue weighted by Crippen LogP contribution is -2.49. The molecule has 3 rings (SSSR count). The third kappa shape index (κ3) is 5.39. The standard InChI is InChI=1S/C19H27FN4O7S/c1-32-6-4-11(21)17(27)23-5-2-3-12(23)18(28)30-9-14-13(25)7-15(31-14)24-8-10(20)16(26)22-19(24)29/h8,11-15,25H,2-7,9,21H2,1H3,(H,22,26,29)/t11-,12+,13-,14+,15+/m0/s1. The van der Waals surface area contributed by atoms with Crippen molar-refractivity contribution in [2.75, 3.05) is 25.2 Å². The second-order valence-corrected chi connectivity index (χ2v) is 8.77. The van der Waals surface area contributed by atoms with E-state index in [1.165, 1.54) is 4.90 Å². The molecule has 0 radical (unpaired) electrons. The van der Waals surface area contributed by atoms with E-state index in [0.717, 1.165) is 10.3 Å². The number of aromatic nitrogens is 2. The topological polar surface area (TPSA) is 157 Å². The van der Waals surface area contributed by atoms with Gasteiger partial charge in [-0.3, -0.25) is 19.1 Å². The highest BCUT2D eigenvalue weighted by Gasteiger charge is 2.40. The highest BCUT2D eigenvalue weighted by molar-refractivity contribution is 7.98. The molecular formula is C19H27FN4O7S. The van der Waals surface area contributed by atoms with Gasteiger partial charge in [-0.1, -0.05) is 0 Å². The lowest BCUT2D eigenvalue weighted by atomic mass is 10.1. The molecule has 1 aromatic rings. The number of rotatable bonds is 8. The highest BCUT2D eigenvalue weighted by Crippen LogP contribution is 2.28. The molecule has 0 unspecified atom stereocenters. The maximum Gasteiger partial charge on any atom is 0.330 e. The van der Waals surface area contributed by atoms with Crippen molar-refractivity contribution >= 4 is 23.6 Å². The van der Waals surface area contributed by atoms with Crippen molar-refractivity contribution in [2.24, 2.45) is 5.73 Å². The lowest BCUT2D eigenvalue weighted by Gasteiger charge is -2.26. The fourth-order valence-electron chi connectivity index (χ4n) is 3.83. The van der Waals surface area contributed by atoms with Gasteiger partial charge in [-0.2, -0.15) is 16.2 Å². The van der Waals surface area contributed by atoms with Crippen LogP contribution in [-0.2, 0) is 19.1 Å². The van der Waals surface area contributed by atoms with Gasteiger partial charge >= 0.3 is 11.7 Å². The fourth-order valence-corrected chi connectivity index (χ4v) is 4.32. The van der Waals surface area contributed by atoms with Crippen LogP contribution in [0.3, 0.4) is 0 Å². The Morgan fingerprint density at radius 2 is 2.22 bits per heavy atom. The van der Waals surface area contributed by atoms with Gasteiger partial charge in [0.25, 0.3) is 5.56 Å². The average Bonchev–Trinajstić information content (AvgIpc) is 3.39. The molecule has 1 amide bonds. The summed E-state index contributed by atoms with van der Waals surface area (Å²) < 4.78 is 25.2. The second kappa shape index (κ2) is 10.6. The predicted octanol–water partition coefficient (Wildman–Crippen LogP) is -1.06. The van der Waals surface area contributed by atoms with Gasteiger partial charge in [-0.25, -0.2) is 9.59 Å². The number of aliphatic hydroxyl groups excluding tert-OH is 1. The SMILES string of the molecule is CSCC[C@H](N)C(=O)N1CCC[C@@H]1C(=O)OC[C@H]1O[C@@H](n2cc(F)c(=O)[nH]c2=O)C[C@@H]1O. The van der Waals surface area contributed by atoms with E-state index in [2.05, 4.69) is 0 Å². The van der Waals surface area contributed by atoms with Crippen molar-refractivity contribution in [3.8, 4) is 0 Å². The molecule has 0 aromatic carbocycles. The number of carbonyl (C=O) groups excluding carboxylic acids is 2. The van der Waals surface area contributed by atoms with Gasteiger partial charge in [-0.05, 0) is 31.3 Å². The van der Waals surface area contributed by atoms with Crippen LogP contribution in [-0.4, -0.2) is 80.9 Å². The average molecular weight is 475 g/mol. The number of nitrogens with zero attached hydrogens (tertiary/aromatic N) is 2. The molecule has 32 heavy (non-hydrogen) atoms.